The van der Waals surface area contributed by atoms with Crippen molar-refractivity contribution >= 4 is 17.1 Å². The molecule has 27 heavy (non-hydrogen) atoms. The number of carbonyl (C=O) groups excluding carboxylic acids is 2. The second-order valence-electron chi connectivity index (χ2n) is 6.96. The predicted molar refractivity (Wildman–Crippen MR) is 99.6 cm³/mol. The summed E-state index contributed by atoms with van der Waals surface area (Å²) in [7, 11) is 0. The molecule has 0 fully saturated rings. The number of carbonyl (C=O) groups is 2. The molecule has 0 bridgehead atoms. The van der Waals surface area contributed by atoms with E-state index in [0.717, 1.165) is 17.5 Å². The minimum Gasteiger partial charge on any atom is -0.294 e. The van der Waals surface area contributed by atoms with E-state index in [4.69, 9.17) is 0 Å². The Morgan fingerprint density at radius 1 is 0.852 bits per heavy atom. The monoisotopic (exact) mass is 352 g/mol. The molecule has 2 aromatic rings. The van der Waals surface area contributed by atoms with Crippen LogP contribution in [0.25, 0.3) is 5.57 Å². The Hall–Kier alpha value is -3.50. The fraction of sp³-hybridized carbons (Fsp3) is 0.217. The molecular weight excluding hydrogens is 336 g/mol. The molecule has 2 aliphatic rings. The summed E-state index contributed by atoms with van der Waals surface area (Å²) in [5.74, 6) is -0.961. The molecule has 4 rings (SSSR count). The minimum absolute atomic E-state index is 0.0336. The van der Waals surface area contributed by atoms with Crippen LogP contribution in [0.5, 0.6) is 0 Å². The Kier molecular flexibility index (Phi) is 4.18. The zero-order chi connectivity index (χ0) is 19.0. The molecule has 0 saturated carbocycles. The molecule has 0 N–H and O–H groups in total. The van der Waals surface area contributed by atoms with Crippen LogP contribution in [0.15, 0.2) is 54.1 Å². The van der Waals surface area contributed by atoms with Crippen molar-refractivity contribution in [2.75, 3.05) is 0 Å². The van der Waals surface area contributed by atoms with E-state index in [1.165, 1.54) is 0 Å². The fourth-order valence-electron chi connectivity index (χ4n) is 4.39. The Morgan fingerprint density at radius 3 is 2.19 bits per heavy atom. The summed E-state index contributed by atoms with van der Waals surface area (Å²) in [6.45, 7) is 0. The lowest BCUT2D eigenvalue weighted by atomic mass is 9.66. The van der Waals surface area contributed by atoms with E-state index in [1.807, 2.05) is 36.4 Å². The topological polar surface area (TPSA) is 81.7 Å². The van der Waals surface area contributed by atoms with Gasteiger partial charge in [-0.3, -0.25) is 9.59 Å². The summed E-state index contributed by atoms with van der Waals surface area (Å²) < 4.78 is 0. The smallest absolute Gasteiger partial charge is 0.167 e. The zero-order valence-corrected chi connectivity index (χ0v) is 14.6. The summed E-state index contributed by atoms with van der Waals surface area (Å²) in [6.07, 6.45) is 1.52. The van der Waals surface area contributed by atoms with Crippen molar-refractivity contribution in [1.82, 2.24) is 0 Å². The van der Waals surface area contributed by atoms with E-state index in [2.05, 4.69) is 0 Å². The molecule has 0 saturated heterocycles. The van der Waals surface area contributed by atoms with Gasteiger partial charge in [-0.2, -0.15) is 10.5 Å². The third kappa shape index (κ3) is 2.67. The van der Waals surface area contributed by atoms with Gasteiger partial charge in [0.2, 0.25) is 0 Å². The molecule has 0 spiro atoms. The molecule has 4 nitrogen and oxygen atoms in total. The van der Waals surface area contributed by atoms with Gasteiger partial charge in [0.15, 0.2) is 11.6 Å². The maximum Gasteiger partial charge on any atom is 0.167 e. The van der Waals surface area contributed by atoms with Crippen molar-refractivity contribution in [1.29, 1.82) is 10.5 Å². The van der Waals surface area contributed by atoms with Gasteiger partial charge >= 0.3 is 0 Å². The molecule has 0 amide bonds. The standard InChI is InChI=1S/C23H16N2O2/c24-12-15(13-25)22-16-6-2-1-5-14(16)9-10-18(22)20-11-21(26)17-7-3-4-8-19(17)23(20)27/h1-8,18,20H,9-11H2/t18-,20-/m1/s1. The van der Waals surface area contributed by atoms with Gasteiger partial charge in [0.25, 0.3) is 0 Å². The second kappa shape index (κ2) is 6.67. The molecule has 0 radical (unpaired) electrons. The molecule has 0 aromatic heterocycles. The van der Waals surface area contributed by atoms with Gasteiger partial charge in [-0.1, -0.05) is 48.5 Å². The van der Waals surface area contributed by atoms with Crippen molar-refractivity contribution in [3.63, 3.8) is 0 Å². The Bertz CT molecular complexity index is 1070. The van der Waals surface area contributed by atoms with Gasteiger partial charge < -0.3 is 0 Å². The van der Waals surface area contributed by atoms with Gasteiger partial charge in [-0.05, 0) is 35.5 Å². The number of benzene rings is 2. The van der Waals surface area contributed by atoms with Crippen LogP contribution in [-0.2, 0) is 6.42 Å². The summed E-state index contributed by atoms with van der Waals surface area (Å²) in [5.41, 5.74) is 3.50. The highest BCUT2D eigenvalue weighted by Gasteiger charge is 2.41. The van der Waals surface area contributed by atoms with Crippen LogP contribution in [-0.4, -0.2) is 11.6 Å². The highest BCUT2D eigenvalue weighted by molar-refractivity contribution is 6.15. The van der Waals surface area contributed by atoms with E-state index in [9.17, 15) is 20.1 Å². The van der Waals surface area contributed by atoms with Crippen LogP contribution >= 0.6 is 0 Å². The lowest BCUT2D eigenvalue weighted by molar-refractivity contribution is 0.0790. The first-order valence-electron chi connectivity index (χ1n) is 8.94. The molecule has 2 aromatic carbocycles. The minimum atomic E-state index is -0.535. The van der Waals surface area contributed by atoms with Crippen molar-refractivity contribution in [3.05, 3.63) is 76.4 Å². The average Bonchev–Trinajstić information content (AvgIpc) is 2.72. The van der Waals surface area contributed by atoms with Crippen LogP contribution in [0.3, 0.4) is 0 Å². The summed E-state index contributed by atoms with van der Waals surface area (Å²) in [5, 5.41) is 19.0. The van der Waals surface area contributed by atoms with Gasteiger partial charge in [0.1, 0.15) is 17.7 Å². The highest BCUT2D eigenvalue weighted by atomic mass is 16.1. The van der Waals surface area contributed by atoms with Gasteiger partial charge in [0.05, 0.1) is 0 Å². The Morgan fingerprint density at radius 2 is 1.48 bits per heavy atom. The van der Waals surface area contributed by atoms with Crippen LogP contribution in [0.1, 0.15) is 44.7 Å². The maximum absolute atomic E-state index is 13.2. The summed E-state index contributed by atoms with van der Waals surface area (Å²) in [4.78, 5) is 25.8. The number of nitriles is 2. The highest BCUT2D eigenvalue weighted by Crippen LogP contribution is 2.45. The number of rotatable bonds is 1. The number of Topliss-reactive ketones (excluding diaryl/α,β-unsaturated/α-hetero) is 2. The second-order valence-corrected chi connectivity index (χ2v) is 6.96. The number of allylic oxidation sites excluding steroid dienone is 2. The van der Waals surface area contributed by atoms with Gasteiger partial charge in [0, 0.05) is 23.5 Å². The van der Waals surface area contributed by atoms with Crippen LogP contribution < -0.4 is 0 Å². The molecule has 4 heteroatoms. The molecule has 0 heterocycles. The van der Waals surface area contributed by atoms with Crippen LogP contribution in [0.4, 0.5) is 0 Å². The first-order valence-corrected chi connectivity index (χ1v) is 8.94. The third-order valence-electron chi connectivity index (χ3n) is 5.62. The van der Waals surface area contributed by atoms with Crippen molar-refractivity contribution < 1.29 is 9.59 Å². The average molecular weight is 352 g/mol. The Balaban J connectivity index is 1.86. The number of hydrogen-bond acceptors (Lipinski definition) is 4. The number of ketones is 2. The number of fused-ring (bicyclic) bond motifs is 2. The number of hydrogen-bond donors (Lipinski definition) is 0. The van der Waals surface area contributed by atoms with E-state index in [-0.39, 0.29) is 29.5 Å². The zero-order valence-electron chi connectivity index (χ0n) is 14.6. The van der Waals surface area contributed by atoms with Gasteiger partial charge in [-0.25, -0.2) is 0 Å². The SMILES string of the molecule is N#CC(C#N)=C1c2ccccc2CC[C@@H]1[C@H]1CC(=O)c2ccccc2C1=O. The molecule has 2 atom stereocenters. The number of nitrogens with zero attached hydrogens (tertiary/aromatic N) is 2. The van der Waals surface area contributed by atoms with Gasteiger partial charge in [-0.15, -0.1) is 0 Å². The molecular formula is C23H16N2O2. The fourth-order valence-corrected chi connectivity index (χ4v) is 4.39. The third-order valence-corrected chi connectivity index (χ3v) is 5.62. The maximum atomic E-state index is 13.2. The molecule has 0 aliphatic heterocycles. The first kappa shape index (κ1) is 16.9. The number of aryl methyl sites for hydroxylation is 1. The largest absolute Gasteiger partial charge is 0.294 e. The normalized spacial score (nSPS) is 20.9. The van der Waals surface area contributed by atoms with E-state index < -0.39 is 5.92 Å². The van der Waals surface area contributed by atoms with Crippen molar-refractivity contribution in [2.45, 2.75) is 19.3 Å². The lowest BCUT2D eigenvalue weighted by Gasteiger charge is -2.35. The summed E-state index contributed by atoms with van der Waals surface area (Å²) in [6, 6.07) is 18.6. The predicted octanol–water partition coefficient (Wildman–Crippen LogP) is 4.14. The molecule has 130 valence electrons. The summed E-state index contributed by atoms with van der Waals surface area (Å²) >= 11 is 0. The lowest BCUT2D eigenvalue weighted by Crippen LogP contribution is -2.35. The quantitative estimate of drug-likeness (QED) is 0.722. The first-order chi connectivity index (χ1) is 13.2. The molecule has 2 aliphatic carbocycles. The Labute approximate surface area is 157 Å². The van der Waals surface area contributed by atoms with Crippen LogP contribution in [0, 0.1) is 34.5 Å². The van der Waals surface area contributed by atoms with Crippen LogP contribution in [0.2, 0.25) is 0 Å². The van der Waals surface area contributed by atoms with E-state index in [1.54, 1.807) is 24.3 Å². The molecule has 0 unspecified atom stereocenters. The van der Waals surface area contributed by atoms with E-state index >= 15 is 0 Å². The van der Waals surface area contributed by atoms with Crippen molar-refractivity contribution in [3.8, 4) is 12.1 Å². The van der Waals surface area contributed by atoms with Crippen molar-refractivity contribution in [2.24, 2.45) is 11.8 Å². The van der Waals surface area contributed by atoms with E-state index in [0.29, 0.717) is 23.1 Å².